The van der Waals surface area contributed by atoms with Crippen LogP contribution in [0.25, 0.3) is 0 Å². The number of alkyl halides is 3. The molecule has 0 atom stereocenters. The van der Waals surface area contributed by atoms with E-state index in [2.05, 4.69) is 25.5 Å². The average molecular weight is 369 g/mol. The zero-order valence-corrected chi connectivity index (χ0v) is 14.2. The number of hydrogen-bond acceptors (Lipinski definition) is 4. The number of nitrogens with zero attached hydrogens (tertiary/aromatic N) is 3. The summed E-state index contributed by atoms with van der Waals surface area (Å²) in [5.74, 6) is -0.0227. The van der Waals surface area contributed by atoms with Gasteiger partial charge in [-0.1, -0.05) is 12.1 Å². The number of benzene rings is 1. The Morgan fingerprint density at radius 3 is 2.69 bits per heavy atom. The summed E-state index contributed by atoms with van der Waals surface area (Å²) < 4.78 is 42.7. The first kappa shape index (κ1) is 18.0. The van der Waals surface area contributed by atoms with Crippen LogP contribution in [0.1, 0.15) is 38.3 Å². The second-order valence-corrected chi connectivity index (χ2v) is 6.36. The van der Waals surface area contributed by atoms with E-state index in [-0.39, 0.29) is 11.8 Å². The SMILES string of the molecule is CC(C)n1ncnc1NC(=O)NC1(c2cccc(OC(F)(F)F)c2)CC1. The van der Waals surface area contributed by atoms with Crippen molar-refractivity contribution in [2.75, 3.05) is 5.32 Å². The Labute approximate surface area is 147 Å². The molecule has 140 valence electrons. The second kappa shape index (κ2) is 6.50. The summed E-state index contributed by atoms with van der Waals surface area (Å²) in [7, 11) is 0. The van der Waals surface area contributed by atoms with Crippen LogP contribution in [0, 0.1) is 0 Å². The lowest BCUT2D eigenvalue weighted by Crippen LogP contribution is -2.38. The Bertz CT molecular complexity index is 799. The Morgan fingerprint density at radius 1 is 1.35 bits per heavy atom. The van der Waals surface area contributed by atoms with E-state index in [1.807, 2.05) is 13.8 Å². The maximum atomic E-state index is 12.4. The van der Waals surface area contributed by atoms with E-state index in [1.165, 1.54) is 24.5 Å². The highest BCUT2D eigenvalue weighted by atomic mass is 19.4. The van der Waals surface area contributed by atoms with Gasteiger partial charge in [0.2, 0.25) is 5.95 Å². The Balaban J connectivity index is 1.70. The van der Waals surface area contributed by atoms with Gasteiger partial charge in [-0.3, -0.25) is 5.32 Å². The second-order valence-electron chi connectivity index (χ2n) is 6.36. The van der Waals surface area contributed by atoms with E-state index < -0.39 is 17.9 Å². The molecule has 1 aliphatic rings. The lowest BCUT2D eigenvalue weighted by molar-refractivity contribution is -0.274. The Morgan fingerprint density at radius 2 is 2.08 bits per heavy atom. The third kappa shape index (κ3) is 4.06. The number of anilines is 1. The lowest BCUT2D eigenvalue weighted by atomic mass is 10.0. The molecular formula is C16H18F3N5O2. The molecule has 2 N–H and O–H groups in total. The van der Waals surface area contributed by atoms with Crippen LogP contribution >= 0.6 is 0 Å². The number of ether oxygens (including phenoxy) is 1. The monoisotopic (exact) mass is 369 g/mol. The van der Waals surface area contributed by atoms with Gasteiger partial charge >= 0.3 is 12.4 Å². The third-order valence-electron chi connectivity index (χ3n) is 4.01. The molecule has 10 heteroatoms. The maximum Gasteiger partial charge on any atom is 0.573 e. The largest absolute Gasteiger partial charge is 0.573 e. The van der Waals surface area contributed by atoms with Gasteiger partial charge in [-0.15, -0.1) is 13.2 Å². The first-order valence-electron chi connectivity index (χ1n) is 8.03. The lowest BCUT2D eigenvalue weighted by Gasteiger charge is -2.20. The smallest absolute Gasteiger partial charge is 0.406 e. The summed E-state index contributed by atoms with van der Waals surface area (Å²) in [6.45, 7) is 3.79. The van der Waals surface area contributed by atoms with Gasteiger partial charge < -0.3 is 10.1 Å². The van der Waals surface area contributed by atoms with Gasteiger partial charge in [-0.2, -0.15) is 10.1 Å². The molecule has 1 aromatic heterocycles. The van der Waals surface area contributed by atoms with E-state index >= 15 is 0 Å². The number of amides is 2. The molecule has 1 heterocycles. The van der Waals surface area contributed by atoms with Crippen molar-refractivity contribution in [1.82, 2.24) is 20.1 Å². The zero-order valence-electron chi connectivity index (χ0n) is 14.2. The number of carbonyl (C=O) groups is 1. The number of hydrogen-bond donors (Lipinski definition) is 2. The van der Waals surface area contributed by atoms with E-state index in [4.69, 9.17) is 0 Å². The third-order valence-corrected chi connectivity index (χ3v) is 4.01. The zero-order chi connectivity index (χ0) is 18.9. The normalized spacial score (nSPS) is 15.6. The fraction of sp³-hybridized carbons (Fsp3) is 0.438. The number of rotatable bonds is 5. The summed E-state index contributed by atoms with van der Waals surface area (Å²) in [6.07, 6.45) is -2.19. The van der Waals surface area contributed by atoms with Crippen molar-refractivity contribution in [3.8, 4) is 5.75 Å². The molecule has 3 rings (SSSR count). The van der Waals surface area contributed by atoms with Crippen LogP contribution in [-0.2, 0) is 5.54 Å². The first-order valence-corrected chi connectivity index (χ1v) is 8.03. The van der Waals surface area contributed by atoms with Crippen LogP contribution < -0.4 is 15.4 Å². The van der Waals surface area contributed by atoms with Crippen molar-refractivity contribution in [3.63, 3.8) is 0 Å². The molecule has 0 saturated heterocycles. The highest BCUT2D eigenvalue weighted by molar-refractivity contribution is 5.88. The van der Waals surface area contributed by atoms with E-state index in [9.17, 15) is 18.0 Å². The number of aromatic nitrogens is 3. The molecule has 0 unspecified atom stereocenters. The fourth-order valence-corrected chi connectivity index (χ4v) is 2.67. The van der Waals surface area contributed by atoms with Gasteiger partial charge in [0.15, 0.2) is 0 Å². The van der Waals surface area contributed by atoms with Crippen LogP contribution in [0.4, 0.5) is 23.9 Å². The standard InChI is InChI=1S/C16H18F3N5O2/c1-10(2)24-13(20-9-21-24)22-14(25)23-15(6-7-15)11-4-3-5-12(8-11)26-16(17,18)19/h3-5,8-10H,6-7H2,1-2H3,(H2,20,21,22,23,25). The van der Waals surface area contributed by atoms with Crippen LogP contribution in [0.15, 0.2) is 30.6 Å². The van der Waals surface area contributed by atoms with Gasteiger partial charge in [-0.25, -0.2) is 9.48 Å². The van der Waals surface area contributed by atoms with Gasteiger partial charge in [0.05, 0.1) is 11.6 Å². The van der Waals surface area contributed by atoms with Crippen LogP contribution in [0.2, 0.25) is 0 Å². The first-order chi connectivity index (χ1) is 12.2. The van der Waals surface area contributed by atoms with Crippen LogP contribution in [0.3, 0.4) is 0 Å². The molecule has 1 aromatic carbocycles. The minimum atomic E-state index is -4.76. The molecule has 0 aliphatic heterocycles. The average Bonchev–Trinajstić information content (AvgIpc) is 3.15. The summed E-state index contributed by atoms with van der Waals surface area (Å²) in [6, 6.07) is 5.15. The quantitative estimate of drug-likeness (QED) is 0.844. The molecule has 1 aliphatic carbocycles. The number of halogens is 3. The molecule has 2 aromatic rings. The summed E-state index contributed by atoms with van der Waals surface area (Å²) >= 11 is 0. The van der Waals surface area contributed by atoms with Gasteiger partial charge in [0, 0.05) is 0 Å². The van der Waals surface area contributed by atoms with Crippen LogP contribution in [0.5, 0.6) is 5.75 Å². The summed E-state index contributed by atoms with van der Waals surface area (Å²) in [4.78, 5) is 16.3. The van der Waals surface area contributed by atoms with Crippen molar-refractivity contribution in [2.24, 2.45) is 0 Å². The molecule has 1 fully saturated rings. The molecule has 0 spiro atoms. The predicted octanol–water partition coefficient (Wildman–Crippen LogP) is 3.57. The van der Waals surface area contributed by atoms with E-state index in [0.29, 0.717) is 24.4 Å². The van der Waals surface area contributed by atoms with Gasteiger partial charge in [-0.05, 0) is 44.4 Å². The molecule has 7 nitrogen and oxygen atoms in total. The van der Waals surface area contributed by atoms with Gasteiger partial charge in [0.1, 0.15) is 12.1 Å². The summed E-state index contributed by atoms with van der Waals surface area (Å²) in [5.41, 5.74) is -0.155. The molecule has 1 saturated carbocycles. The van der Waals surface area contributed by atoms with Crippen molar-refractivity contribution in [2.45, 2.75) is 44.6 Å². The van der Waals surface area contributed by atoms with E-state index in [1.54, 1.807) is 10.7 Å². The minimum absolute atomic E-state index is 0.0129. The topological polar surface area (TPSA) is 81.1 Å². The Kier molecular flexibility index (Phi) is 4.51. The predicted molar refractivity (Wildman–Crippen MR) is 86.6 cm³/mol. The number of nitrogens with one attached hydrogen (secondary N) is 2. The summed E-state index contributed by atoms with van der Waals surface area (Å²) in [5, 5.41) is 9.45. The van der Waals surface area contributed by atoms with Crippen molar-refractivity contribution >= 4 is 12.0 Å². The number of urea groups is 1. The van der Waals surface area contributed by atoms with Gasteiger partial charge in [0.25, 0.3) is 0 Å². The molecule has 26 heavy (non-hydrogen) atoms. The highest BCUT2D eigenvalue weighted by Crippen LogP contribution is 2.46. The molecule has 0 bridgehead atoms. The van der Waals surface area contributed by atoms with Crippen molar-refractivity contribution < 1.29 is 22.7 Å². The minimum Gasteiger partial charge on any atom is -0.406 e. The van der Waals surface area contributed by atoms with Crippen molar-refractivity contribution in [3.05, 3.63) is 36.2 Å². The molecular weight excluding hydrogens is 351 g/mol. The number of carbonyl (C=O) groups excluding carboxylic acids is 1. The fourth-order valence-electron chi connectivity index (χ4n) is 2.67. The Hall–Kier alpha value is -2.78. The molecule has 2 amide bonds. The van der Waals surface area contributed by atoms with Crippen LogP contribution in [-0.4, -0.2) is 27.2 Å². The highest BCUT2D eigenvalue weighted by Gasteiger charge is 2.46. The maximum absolute atomic E-state index is 12.4. The van der Waals surface area contributed by atoms with Crippen molar-refractivity contribution in [1.29, 1.82) is 0 Å². The van der Waals surface area contributed by atoms with E-state index in [0.717, 1.165) is 0 Å². The molecule has 0 radical (unpaired) electrons.